The second-order valence-corrected chi connectivity index (χ2v) is 4.50. The van der Waals surface area contributed by atoms with Gasteiger partial charge in [0.15, 0.2) is 0 Å². The molecular formula is C13H19N3O3. The van der Waals surface area contributed by atoms with Crippen molar-refractivity contribution < 1.29 is 14.7 Å². The van der Waals surface area contributed by atoms with Crippen LogP contribution in [0.15, 0.2) is 24.3 Å². The fourth-order valence-electron chi connectivity index (χ4n) is 1.64. The number of carbonyl (C=O) groups excluding carboxylic acids is 1. The van der Waals surface area contributed by atoms with Gasteiger partial charge >= 0.3 is 5.97 Å². The number of nitrogens with zero attached hydrogens (tertiary/aromatic N) is 1. The summed E-state index contributed by atoms with van der Waals surface area (Å²) < 4.78 is 0. The number of anilines is 2. The molecule has 104 valence electrons. The van der Waals surface area contributed by atoms with Crippen molar-refractivity contribution >= 4 is 23.6 Å². The molecule has 0 amide bonds. The zero-order chi connectivity index (χ0) is 14.4. The Morgan fingerprint density at radius 2 is 2.00 bits per heavy atom. The Morgan fingerprint density at radius 3 is 2.42 bits per heavy atom. The van der Waals surface area contributed by atoms with Crippen molar-refractivity contribution in [2.45, 2.75) is 18.5 Å². The van der Waals surface area contributed by atoms with Crippen LogP contribution in [0.2, 0.25) is 0 Å². The lowest BCUT2D eigenvalue weighted by atomic mass is 10.1. The Balaban J connectivity index is 2.78. The van der Waals surface area contributed by atoms with Crippen molar-refractivity contribution in [1.82, 2.24) is 0 Å². The van der Waals surface area contributed by atoms with Crippen LogP contribution in [-0.4, -0.2) is 43.5 Å². The van der Waals surface area contributed by atoms with Crippen molar-refractivity contribution in [2.24, 2.45) is 5.73 Å². The number of hydrogen-bond acceptors (Lipinski definition) is 5. The van der Waals surface area contributed by atoms with Gasteiger partial charge in [-0.05, 0) is 24.3 Å². The van der Waals surface area contributed by atoms with Gasteiger partial charge in [-0.3, -0.25) is 4.79 Å². The lowest BCUT2D eigenvalue weighted by molar-refractivity contribution is -0.137. The third-order valence-electron chi connectivity index (χ3n) is 2.75. The molecule has 0 spiro atoms. The molecule has 0 aliphatic carbocycles. The Hall–Kier alpha value is -2.08. The first kappa shape index (κ1) is 15.0. The molecule has 0 saturated heterocycles. The highest BCUT2D eigenvalue weighted by molar-refractivity contribution is 5.71. The van der Waals surface area contributed by atoms with Gasteiger partial charge in [0, 0.05) is 25.5 Å². The summed E-state index contributed by atoms with van der Waals surface area (Å²) in [6, 6.07) is 5.95. The van der Waals surface area contributed by atoms with Gasteiger partial charge in [0.25, 0.3) is 0 Å². The van der Waals surface area contributed by atoms with Crippen molar-refractivity contribution in [3.63, 3.8) is 0 Å². The maximum Gasteiger partial charge on any atom is 0.305 e. The minimum Gasteiger partial charge on any atom is -0.481 e. The number of rotatable bonds is 7. The van der Waals surface area contributed by atoms with E-state index < -0.39 is 18.1 Å². The number of benzene rings is 1. The molecular weight excluding hydrogens is 246 g/mol. The third-order valence-corrected chi connectivity index (χ3v) is 2.75. The van der Waals surface area contributed by atoms with Crippen LogP contribution in [-0.2, 0) is 9.59 Å². The summed E-state index contributed by atoms with van der Waals surface area (Å²) in [6.07, 6.45) is 0.337. The Bertz CT molecular complexity index is 431. The molecule has 0 saturated carbocycles. The lowest BCUT2D eigenvalue weighted by Gasteiger charge is -2.21. The minimum atomic E-state index is -1.00. The fourth-order valence-corrected chi connectivity index (χ4v) is 1.64. The van der Waals surface area contributed by atoms with Crippen LogP contribution in [0.5, 0.6) is 0 Å². The van der Waals surface area contributed by atoms with E-state index in [4.69, 9.17) is 10.8 Å². The number of carbonyl (C=O) groups is 2. The second kappa shape index (κ2) is 6.75. The number of carboxylic acids is 1. The monoisotopic (exact) mass is 265 g/mol. The molecule has 2 atom stereocenters. The Kier molecular flexibility index (Phi) is 5.32. The fraction of sp³-hybridized carbons (Fsp3) is 0.385. The van der Waals surface area contributed by atoms with Crippen molar-refractivity contribution in [1.29, 1.82) is 0 Å². The van der Waals surface area contributed by atoms with Gasteiger partial charge in [-0.2, -0.15) is 0 Å². The standard InChI is InChI=1S/C13H19N3O3/c1-16(2)10-5-3-9(4-6-10)15-12(7-13(18)19)11(14)8-17/h3-6,8,11-12,15H,7,14H2,1-2H3,(H,18,19)/t11-,12?/m1/s1. The molecule has 0 aliphatic heterocycles. The van der Waals surface area contributed by atoms with Gasteiger partial charge in [0.05, 0.1) is 18.5 Å². The smallest absolute Gasteiger partial charge is 0.305 e. The number of nitrogens with one attached hydrogen (secondary N) is 1. The summed E-state index contributed by atoms with van der Waals surface area (Å²) in [5.74, 6) is -1.00. The van der Waals surface area contributed by atoms with Gasteiger partial charge in [-0.15, -0.1) is 0 Å². The minimum absolute atomic E-state index is 0.213. The molecule has 0 radical (unpaired) electrons. The van der Waals surface area contributed by atoms with Crippen LogP contribution in [0.3, 0.4) is 0 Å². The number of aldehydes is 1. The summed E-state index contributed by atoms with van der Waals surface area (Å²) in [7, 11) is 3.86. The van der Waals surface area contributed by atoms with E-state index in [-0.39, 0.29) is 6.42 Å². The molecule has 6 nitrogen and oxygen atoms in total. The van der Waals surface area contributed by atoms with E-state index in [1.54, 1.807) is 0 Å². The first-order valence-electron chi connectivity index (χ1n) is 5.90. The van der Waals surface area contributed by atoms with Crippen molar-refractivity contribution in [3.8, 4) is 0 Å². The number of hydrogen-bond donors (Lipinski definition) is 3. The molecule has 1 aromatic rings. The predicted octanol–water partition coefficient (Wildman–Crippen LogP) is 0.534. The van der Waals surface area contributed by atoms with Gasteiger partial charge < -0.3 is 25.9 Å². The van der Waals surface area contributed by atoms with Crippen LogP contribution in [0, 0.1) is 0 Å². The van der Waals surface area contributed by atoms with E-state index in [2.05, 4.69) is 5.32 Å². The van der Waals surface area contributed by atoms with Crippen molar-refractivity contribution in [2.75, 3.05) is 24.3 Å². The number of aliphatic carboxylic acids is 1. The molecule has 0 aromatic heterocycles. The predicted molar refractivity (Wildman–Crippen MR) is 74.5 cm³/mol. The number of carboxylic acid groups (broad SMARTS) is 1. The summed E-state index contributed by atoms with van der Waals surface area (Å²) >= 11 is 0. The number of nitrogens with two attached hydrogens (primary N) is 1. The van der Waals surface area contributed by atoms with Crippen LogP contribution >= 0.6 is 0 Å². The first-order valence-corrected chi connectivity index (χ1v) is 5.90. The van der Waals surface area contributed by atoms with Gasteiger partial charge in [-0.25, -0.2) is 0 Å². The average Bonchev–Trinajstić information content (AvgIpc) is 2.37. The molecule has 6 heteroatoms. The van der Waals surface area contributed by atoms with Crippen LogP contribution in [0.25, 0.3) is 0 Å². The molecule has 0 heterocycles. The zero-order valence-corrected chi connectivity index (χ0v) is 11.0. The Labute approximate surface area is 112 Å². The normalized spacial score (nSPS) is 13.4. The highest BCUT2D eigenvalue weighted by Gasteiger charge is 2.20. The summed E-state index contributed by atoms with van der Waals surface area (Å²) in [4.78, 5) is 23.4. The third kappa shape index (κ3) is 4.59. The molecule has 1 aromatic carbocycles. The molecule has 19 heavy (non-hydrogen) atoms. The summed E-state index contributed by atoms with van der Waals surface area (Å²) in [6.45, 7) is 0. The summed E-state index contributed by atoms with van der Waals surface area (Å²) in [5, 5.41) is 11.8. The van der Waals surface area contributed by atoms with Gasteiger partial charge in [0.2, 0.25) is 0 Å². The average molecular weight is 265 g/mol. The van der Waals surface area contributed by atoms with E-state index in [0.29, 0.717) is 6.29 Å². The van der Waals surface area contributed by atoms with E-state index in [0.717, 1.165) is 11.4 Å². The van der Waals surface area contributed by atoms with E-state index >= 15 is 0 Å². The highest BCUT2D eigenvalue weighted by atomic mass is 16.4. The largest absolute Gasteiger partial charge is 0.481 e. The quantitative estimate of drug-likeness (QED) is 0.623. The SMILES string of the molecule is CN(C)c1ccc(NC(CC(=O)O)[C@H](N)C=O)cc1. The van der Waals surface area contributed by atoms with Crippen molar-refractivity contribution in [3.05, 3.63) is 24.3 Å². The highest BCUT2D eigenvalue weighted by Crippen LogP contribution is 2.17. The topological polar surface area (TPSA) is 95.7 Å². The zero-order valence-electron chi connectivity index (χ0n) is 11.0. The van der Waals surface area contributed by atoms with Crippen LogP contribution in [0.4, 0.5) is 11.4 Å². The van der Waals surface area contributed by atoms with Crippen LogP contribution in [0.1, 0.15) is 6.42 Å². The Morgan fingerprint density at radius 1 is 1.42 bits per heavy atom. The first-order chi connectivity index (χ1) is 8.93. The maximum absolute atomic E-state index is 10.7. The molecule has 0 fully saturated rings. The van der Waals surface area contributed by atoms with E-state index in [1.165, 1.54) is 0 Å². The van der Waals surface area contributed by atoms with E-state index in [1.807, 2.05) is 43.3 Å². The maximum atomic E-state index is 10.7. The lowest BCUT2D eigenvalue weighted by Crippen LogP contribution is -2.42. The molecule has 0 aliphatic rings. The van der Waals surface area contributed by atoms with E-state index in [9.17, 15) is 9.59 Å². The molecule has 0 bridgehead atoms. The van der Waals surface area contributed by atoms with Gasteiger partial charge in [0.1, 0.15) is 6.29 Å². The molecule has 4 N–H and O–H groups in total. The second-order valence-electron chi connectivity index (χ2n) is 4.50. The molecule has 1 unspecified atom stereocenters. The molecule has 1 rings (SSSR count). The summed E-state index contributed by atoms with van der Waals surface area (Å²) in [5.41, 5.74) is 7.35. The van der Waals surface area contributed by atoms with Gasteiger partial charge in [-0.1, -0.05) is 0 Å². The van der Waals surface area contributed by atoms with Crippen LogP contribution < -0.4 is 16.0 Å².